The molecule has 1 heterocycles. The van der Waals surface area contributed by atoms with Crippen molar-refractivity contribution in [2.75, 3.05) is 0 Å². The van der Waals surface area contributed by atoms with Crippen LogP contribution < -0.4 is 5.73 Å². The van der Waals surface area contributed by atoms with Crippen LogP contribution in [0.3, 0.4) is 0 Å². The molecular weight excluding hydrogens is 324 g/mol. The van der Waals surface area contributed by atoms with Gasteiger partial charge in [0.2, 0.25) is 0 Å². The molecule has 1 aromatic heterocycles. The molecule has 2 aromatic rings. The summed E-state index contributed by atoms with van der Waals surface area (Å²) in [5.41, 5.74) is 7.22. The second-order valence-corrected chi connectivity index (χ2v) is 4.70. The van der Waals surface area contributed by atoms with E-state index in [0.29, 0.717) is 11.6 Å². The van der Waals surface area contributed by atoms with Crippen LogP contribution in [0.1, 0.15) is 5.69 Å². The predicted molar refractivity (Wildman–Crippen MR) is 69.2 cm³/mol. The molecule has 0 saturated heterocycles. The summed E-state index contributed by atoms with van der Waals surface area (Å²) in [5.74, 6) is 0. The summed E-state index contributed by atoms with van der Waals surface area (Å²) in [4.78, 5) is 0. The maximum atomic E-state index is 6.12. The summed E-state index contributed by atoms with van der Waals surface area (Å²) in [7, 11) is 0. The third-order valence-electron chi connectivity index (χ3n) is 2.01. The Morgan fingerprint density at radius 2 is 2.20 bits per heavy atom. The topological polar surface area (TPSA) is 43.8 Å². The first-order valence-corrected chi connectivity index (χ1v) is 5.86. The van der Waals surface area contributed by atoms with Crippen molar-refractivity contribution in [3.63, 3.8) is 0 Å². The lowest BCUT2D eigenvalue weighted by Crippen LogP contribution is -2.00. The molecule has 2 N–H and O–H groups in total. The predicted octanol–water partition coefficient (Wildman–Crippen LogP) is 2.59. The standard InChI is InChI=1S/C10H9ClIN3/c11-9-5-7(12)1-2-10(9)15-4-3-8(6-13)14-15/h1-5H,6,13H2. The van der Waals surface area contributed by atoms with Gasteiger partial charge in [-0.15, -0.1) is 0 Å². The first-order chi connectivity index (χ1) is 7.20. The highest BCUT2D eigenvalue weighted by atomic mass is 127. The molecule has 3 nitrogen and oxygen atoms in total. The van der Waals surface area contributed by atoms with Crippen LogP contribution in [0, 0.1) is 3.57 Å². The Labute approximate surface area is 106 Å². The highest BCUT2D eigenvalue weighted by Crippen LogP contribution is 2.22. The van der Waals surface area contributed by atoms with Crippen LogP contribution in [-0.4, -0.2) is 9.78 Å². The zero-order valence-corrected chi connectivity index (χ0v) is 10.7. The summed E-state index contributed by atoms with van der Waals surface area (Å²) in [6.07, 6.45) is 1.86. The van der Waals surface area contributed by atoms with Gasteiger partial charge in [0, 0.05) is 16.3 Å². The van der Waals surface area contributed by atoms with E-state index in [2.05, 4.69) is 27.7 Å². The monoisotopic (exact) mass is 333 g/mol. The van der Waals surface area contributed by atoms with Gasteiger partial charge in [0.05, 0.1) is 16.4 Å². The number of hydrogen-bond acceptors (Lipinski definition) is 2. The van der Waals surface area contributed by atoms with Crippen molar-refractivity contribution in [3.05, 3.63) is 44.7 Å². The van der Waals surface area contributed by atoms with Gasteiger partial charge in [-0.25, -0.2) is 4.68 Å². The largest absolute Gasteiger partial charge is 0.325 e. The normalized spacial score (nSPS) is 10.6. The first kappa shape index (κ1) is 10.9. The van der Waals surface area contributed by atoms with Gasteiger partial charge in [0.25, 0.3) is 0 Å². The minimum Gasteiger partial charge on any atom is -0.325 e. The average Bonchev–Trinajstić information content (AvgIpc) is 2.66. The van der Waals surface area contributed by atoms with Crippen molar-refractivity contribution >= 4 is 34.2 Å². The van der Waals surface area contributed by atoms with Gasteiger partial charge in [-0.3, -0.25) is 0 Å². The fraction of sp³-hybridized carbons (Fsp3) is 0.100. The molecule has 0 unspecified atom stereocenters. The van der Waals surface area contributed by atoms with E-state index >= 15 is 0 Å². The summed E-state index contributed by atoms with van der Waals surface area (Å²) in [5, 5.41) is 4.98. The van der Waals surface area contributed by atoms with E-state index in [1.165, 1.54) is 0 Å². The molecular formula is C10H9ClIN3. The number of nitrogens with zero attached hydrogens (tertiary/aromatic N) is 2. The van der Waals surface area contributed by atoms with Crippen LogP contribution in [0.2, 0.25) is 5.02 Å². The second kappa shape index (κ2) is 4.51. The average molecular weight is 334 g/mol. The first-order valence-electron chi connectivity index (χ1n) is 4.41. The quantitative estimate of drug-likeness (QED) is 0.859. The second-order valence-electron chi connectivity index (χ2n) is 3.05. The molecule has 78 valence electrons. The number of benzene rings is 1. The molecule has 0 amide bonds. The Morgan fingerprint density at radius 3 is 2.80 bits per heavy atom. The lowest BCUT2D eigenvalue weighted by molar-refractivity contribution is 0.833. The third kappa shape index (κ3) is 2.32. The lowest BCUT2D eigenvalue weighted by Gasteiger charge is -2.04. The minimum absolute atomic E-state index is 0.439. The van der Waals surface area contributed by atoms with E-state index in [4.69, 9.17) is 17.3 Å². The van der Waals surface area contributed by atoms with Crippen LogP contribution >= 0.6 is 34.2 Å². The van der Waals surface area contributed by atoms with E-state index in [9.17, 15) is 0 Å². The summed E-state index contributed by atoms with van der Waals surface area (Å²) in [6, 6.07) is 7.72. The van der Waals surface area contributed by atoms with Gasteiger partial charge >= 0.3 is 0 Å². The van der Waals surface area contributed by atoms with E-state index in [1.54, 1.807) is 4.68 Å². The SMILES string of the molecule is NCc1ccn(-c2ccc(I)cc2Cl)n1. The Morgan fingerprint density at radius 1 is 1.40 bits per heavy atom. The Hall–Kier alpha value is -0.590. The van der Waals surface area contributed by atoms with E-state index in [-0.39, 0.29) is 0 Å². The van der Waals surface area contributed by atoms with Gasteiger partial charge < -0.3 is 5.73 Å². The molecule has 0 bridgehead atoms. The van der Waals surface area contributed by atoms with Crippen LogP contribution in [0.25, 0.3) is 5.69 Å². The van der Waals surface area contributed by atoms with Crippen LogP contribution in [0.5, 0.6) is 0 Å². The summed E-state index contributed by atoms with van der Waals surface area (Å²) < 4.78 is 2.84. The Bertz CT molecular complexity index is 481. The van der Waals surface area contributed by atoms with Crippen molar-refractivity contribution in [1.29, 1.82) is 0 Å². The van der Waals surface area contributed by atoms with Gasteiger partial charge in [-0.2, -0.15) is 5.10 Å². The molecule has 0 atom stereocenters. The molecule has 0 aliphatic heterocycles. The van der Waals surface area contributed by atoms with Crippen molar-refractivity contribution in [3.8, 4) is 5.69 Å². The number of hydrogen-bond donors (Lipinski definition) is 1. The van der Waals surface area contributed by atoms with E-state index < -0.39 is 0 Å². The molecule has 2 rings (SSSR count). The number of nitrogens with two attached hydrogens (primary N) is 1. The fourth-order valence-electron chi connectivity index (χ4n) is 1.27. The number of rotatable bonds is 2. The Kier molecular flexibility index (Phi) is 3.28. The highest BCUT2D eigenvalue weighted by molar-refractivity contribution is 14.1. The van der Waals surface area contributed by atoms with Crippen molar-refractivity contribution in [1.82, 2.24) is 9.78 Å². The molecule has 1 aromatic carbocycles. The molecule has 0 aliphatic carbocycles. The molecule has 0 saturated carbocycles. The van der Waals surface area contributed by atoms with Crippen molar-refractivity contribution in [2.45, 2.75) is 6.54 Å². The van der Waals surface area contributed by atoms with Crippen LogP contribution in [0.4, 0.5) is 0 Å². The third-order valence-corrected chi connectivity index (χ3v) is 2.98. The van der Waals surface area contributed by atoms with Gasteiger partial charge in [-0.05, 0) is 46.9 Å². The Balaban J connectivity index is 2.44. The van der Waals surface area contributed by atoms with E-state index in [0.717, 1.165) is 15.0 Å². The molecule has 5 heteroatoms. The van der Waals surface area contributed by atoms with Crippen molar-refractivity contribution in [2.24, 2.45) is 5.73 Å². The molecule has 0 fully saturated rings. The smallest absolute Gasteiger partial charge is 0.0832 e. The van der Waals surface area contributed by atoms with Crippen LogP contribution in [0.15, 0.2) is 30.5 Å². The molecule has 0 spiro atoms. The summed E-state index contributed by atoms with van der Waals surface area (Å²) >= 11 is 8.34. The van der Waals surface area contributed by atoms with Gasteiger partial charge in [0.1, 0.15) is 0 Å². The molecule has 15 heavy (non-hydrogen) atoms. The molecule has 0 radical (unpaired) electrons. The zero-order valence-electron chi connectivity index (χ0n) is 7.82. The van der Waals surface area contributed by atoms with Gasteiger partial charge in [0.15, 0.2) is 0 Å². The minimum atomic E-state index is 0.439. The number of halogens is 2. The molecule has 0 aliphatic rings. The van der Waals surface area contributed by atoms with Crippen molar-refractivity contribution < 1.29 is 0 Å². The van der Waals surface area contributed by atoms with E-state index in [1.807, 2.05) is 30.5 Å². The lowest BCUT2D eigenvalue weighted by atomic mass is 10.3. The van der Waals surface area contributed by atoms with Gasteiger partial charge in [-0.1, -0.05) is 11.6 Å². The zero-order chi connectivity index (χ0) is 10.8. The maximum absolute atomic E-state index is 6.12. The fourth-order valence-corrected chi connectivity index (χ4v) is 2.21. The highest BCUT2D eigenvalue weighted by Gasteiger charge is 2.04. The maximum Gasteiger partial charge on any atom is 0.0832 e. The summed E-state index contributed by atoms with van der Waals surface area (Å²) in [6.45, 7) is 0.439. The number of aromatic nitrogens is 2. The van der Waals surface area contributed by atoms with Crippen LogP contribution in [-0.2, 0) is 6.54 Å².